The van der Waals surface area contributed by atoms with E-state index in [1.807, 2.05) is 4.90 Å². The summed E-state index contributed by atoms with van der Waals surface area (Å²) in [6.45, 7) is 7.57. The van der Waals surface area contributed by atoms with Gasteiger partial charge in [-0.05, 0) is 19.8 Å². The smallest absolute Gasteiger partial charge is 0.323 e. The zero-order valence-electron chi connectivity index (χ0n) is 11.8. The van der Waals surface area contributed by atoms with Crippen LogP contribution in [0.1, 0.15) is 32.4 Å². The van der Waals surface area contributed by atoms with Crippen molar-refractivity contribution in [3.63, 3.8) is 0 Å². The SMILES string of the molecule is Cc1cc(NC(=O)N2CCC[C@H](NC(C)C)C2)no1. The fourth-order valence-corrected chi connectivity index (χ4v) is 2.38. The Morgan fingerprint density at radius 3 is 3.00 bits per heavy atom. The highest BCUT2D eigenvalue weighted by Gasteiger charge is 2.24. The van der Waals surface area contributed by atoms with Gasteiger partial charge in [0.15, 0.2) is 5.82 Å². The molecule has 0 spiro atoms. The summed E-state index contributed by atoms with van der Waals surface area (Å²) in [6.07, 6.45) is 2.14. The van der Waals surface area contributed by atoms with Gasteiger partial charge in [0, 0.05) is 31.2 Å². The number of carbonyl (C=O) groups is 1. The van der Waals surface area contributed by atoms with E-state index in [2.05, 4.69) is 29.6 Å². The molecule has 1 aromatic rings. The molecule has 106 valence electrons. The second kappa shape index (κ2) is 6.06. The third-order valence-electron chi connectivity index (χ3n) is 3.14. The van der Waals surface area contributed by atoms with E-state index >= 15 is 0 Å². The van der Waals surface area contributed by atoms with Crippen LogP contribution in [0, 0.1) is 6.92 Å². The molecule has 0 aromatic carbocycles. The maximum absolute atomic E-state index is 12.1. The van der Waals surface area contributed by atoms with Crippen molar-refractivity contribution in [3.05, 3.63) is 11.8 Å². The molecule has 6 heteroatoms. The van der Waals surface area contributed by atoms with E-state index in [1.165, 1.54) is 0 Å². The molecule has 1 aliphatic heterocycles. The Hall–Kier alpha value is -1.56. The summed E-state index contributed by atoms with van der Waals surface area (Å²) in [7, 11) is 0. The standard InChI is InChI=1S/C13H22N4O2/c1-9(2)14-11-5-4-6-17(8-11)13(18)15-12-7-10(3)19-16-12/h7,9,11,14H,4-6,8H2,1-3H3,(H,15,16,18)/t11-/m0/s1. The van der Waals surface area contributed by atoms with Gasteiger partial charge in [-0.25, -0.2) is 4.79 Å². The fraction of sp³-hybridized carbons (Fsp3) is 0.692. The number of anilines is 1. The minimum atomic E-state index is -0.108. The minimum Gasteiger partial charge on any atom is -0.360 e. The Labute approximate surface area is 113 Å². The number of carbonyl (C=O) groups excluding carboxylic acids is 1. The van der Waals surface area contributed by atoms with Crippen molar-refractivity contribution in [2.75, 3.05) is 18.4 Å². The van der Waals surface area contributed by atoms with E-state index < -0.39 is 0 Å². The normalized spacial score (nSPS) is 19.8. The van der Waals surface area contributed by atoms with Gasteiger partial charge in [-0.2, -0.15) is 0 Å². The summed E-state index contributed by atoms with van der Waals surface area (Å²) in [4.78, 5) is 13.9. The van der Waals surface area contributed by atoms with E-state index in [0.717, 1.165) is 25.9 Å². The molecule has 19 heavy (non-hydrogen) atoms. The summed E-state index contributed by atoms with van der Waals surface area (Å²) in [5.41, 5.74) is 0. The van der Waals surface area contributed by atoms with Gasteiger partial charge < -0.3 is 14.7 Å². The third-order valence-corrected chi connectivity index (χ3v) is 3.14. The molecule has 1 fully saturated rings. The van der Waals surface area contributed by atoms with Crippen LogP contribution in [0.2, 0.25) is 0 Å². The first-order chi connectivity index (χ1) is 9.04. The summed E-state index contributed by atoms with van der Waals surface area (Å²) < 4.78 is 4.93. The molecule has 0 unspecified atom stereocenters. The zero-order valence-corrected chi connectivity index (χ0v) is 11.8. The Morgan fingerprint density at radius 2 is 2.37 bits per heavy atom. The molecule has 2 N–H and O–H groups in total. The summed E-state index contributed by atoms with van der Waals surface area (Å²) in [5.74, 6) is 1.16. The number of likely N-dealkylation sites (tertiary alicyclic amines) is 1. The first-order valence-corrected chi connectivity index (χ1v) is 6.80. The van der Waals surface area contributed by atoms with Crippen LogP contribution in [-0.4, -0.2) is 41.3 Å². The highest BCUT2D eigenvalue weighted by atomic mass is 16.5. The van der Waals surface area contributed by atoms with E-state index in [4.69, 9.17) is 4.52 Å². The van der Waals surface area contributed by atoms with Gasteiger partial charge in [-0.1, -0.05) is 19.0 Å². The van der Waals surface area contributed by atoms with Crippen LogP contribution in [0.15, 0.2) is 10.6 Å². The number of urea groups is 1. The van der Waals surface area contributed by atoms with E-state index in [-0.39, 0.29) is 6.03 Å². The molecule has 0 aliphatic carbocycles. The van der Waals surface area contributed by atoms with Gasteiger partial charge in [0.25, 0.3) is 0 Å². The van der Waals surface area contributed by atoms with Crippen LogP contribution in [-0.2, 0) is 0 Å². The molecular weight excluding hydrogens is 244 g/mol. The lowest BCUT2D eigenvalue weighted by Crippen LogP contribution is -2.50. The molecule has 0 saturated carbocycles. The molecule has 0 bridgehead atoms. The molecule has 1 aliphatic rings. The molecule has 2 rings (SSSR count). The number of hydrogen-bond donors (Lipinski definition) is 2. The number of aryl methyl sites for hydroxylation is 1. The maximum atomic E-state index is 12.1. The van der Waals surface area contributed by atoms with Crippen molar-refractivity contribution < 1.29 is 9.32 Å². The van der Waals surface area contributed by atoms with Gasteiger partial charge in [-0.3, -0.25) is 5.32 Å². The lowest BCUT2D eigenvalue weighted by molar-refractivity contribution is 0.183. The Bertz CT molecular complexity index is 430. The van der Waals surface area contributed by atoms with Crippen LogP contribution in [0.3, 0.4) is 0 Å². The average molecular weight is 266 g/mol. The van der Waals surface area contributed by atoms with Crippen LogP contribution in [0.5, 0.6) is 0 Å². The lowest BCUT2D eigenvalue weighted by atomic mass is 10.1. The first kappa shape index (κ1) is 13.9. The van der Waals surface area contributed by atoms with Crippen molar-refractivity contribution in [2.45, 2.75) is 45.7 Å². The summed E-state index contributed by atoms with van der Waals surface area (Å²) >= 11 is 0. The average Bonchev–Trinajstić information content (AvgIpc) is 2.74. The zero-order chi connectivity index (χ0) is 13.8. The molecule has 1 aromatic heterocycles. The van der Waals surface area contributed by atoms with Crippen molar-refractivity contribution in [3.8, 4) is 0 Å². The predicted octanol–water partition coefficient (Wildman–Crippen LogP) is 1.98. The van der Waals surface area contributed by atoms with E-state index in [0.29, 0.717) is 23.7 Å². The molecule has 2 amide bonds. The number of aromatic nitrogens is 1. The van der Waals surface area contributed by atoms with Gasteiger partial charge in [0.1, 0.15) is 5.76 Å². The monoisotopic (exact) mass is 266 g/mol. The molecular formula is C13H22N4O2. The Balaban J connectivity index is 1.88. The third kappa shape index (κ3) is 3.96. The summed E-state index contributed by atoms with van der Waals surface area (Å²) in [6, 6.07) is 2.42. The van der Waals surface area contributed by atoms with Gasteiger partial charge >= 0.3 is 6.03 Å². The number of amides is 2. The maximum Gasteiger partial charge on any atom is 0.323 e. The molecule has 1 saturated heterocycles. The highest BCUT2D eigenvalue weighted by Crippen LogP contribution is 2.13. The Morgan fingerprint density at radius 1 is 1.58 bits per heavy atom. The van der Waals surface area contributed by atoms with Crippen molar-refractivity contribution in [1.29, 1.82) is 0 Å². The second-order valence-corrected chi connectivity index (χ2v) is 5.36. The molecule has 0 radical (unpaired) electrons. The largest absolute Gasteiger partial charge is 0.360 e. The molecule has 6 nitrogen and oxygen atoms in total. The molecule has 1 atom stereocenters. The predicted molar refractivity (Wildman–Crippen MR) is 73.1 cm³/mol. The molecule has 2 heterocycles. The van der Waals surface area contributed by atoms with E-state index in [9.17, 15) is 4.79 Å². The quantitative estimate of drug-likeness (QED) is 0.877. The number of nitrogens with zero attached hydrogens (tertiary/aromatic N) is 2. The van der Waals surface area contributed by atoms with Gasteiger partial charge in [0.2, 0.25) is 0 Å². The first-order valence-electron chi connectivity index (χ1n) is 6.80. The van der Waals surface area contributed by atoms with Crippen molar-refractivity contribution in [1.82, 2.24) is 15.4 Å². The highest BCUT2D eigenvalue weighted by molar-refractivity contribution is 5.88. The fourth-order valence-electron chi connectivity index (χ4n) is 2.38. The van der Waals surface area contributed by atoms with Crippen molar-refractivity contribution >= 4 is 11.8 Å². The Kier molecular flexibility index (Phi) is 4.42. The number of rotatable bonds is 3. The van der Waals surface area contributed by atoms with Crippen LogP contribution >= 0.6 is 0 Å². The number of nitrogens with one attached hydrogen (secondary N) is 2. The van der Waals surface area contributed by atoms with Crippen molar-refractivity contribution in [2.24, 2.45) is 0 Å². The van der Waals surface area contributed by atoms with Gasteiger partial charge in [0.05, 0.1) is 0 Å². The van der Waals surface area contributed by atoms with Crippen LogP contribution in [0.4, 0.5) is 10.6 Å². The topological polar surface area (TPSA) is 70.4 Å². The summed E-state index contributed by atoms with van der Waals surface area (Å²) in [5, 5.41) is 10.0. The number of hydrogen-bond acceptors (Lipinski definition) is 4. The minimum absolute atomic E-state index is 0.108. The van der Waals surface area contributed by atoms with Gasteiger partial charge in [-0.15, -0.1) is 0 Å². The second-order valence-electron chi connectivity index (χ2n) is 5.36. The van der Waals surface area contributed by atoms with Crippen LogP contribution in [0.25, 0.3) is 0 Å². The van der Waals surface area contributed by atoms with E-state index in [1.54, 1.807) is 13.0 Å². The van der Waals surface area contributed by atoms with Crippen LogP contribution < -0.4 is 10.6 Å². The lowest BCUT2D eigenvalue weighted by Gasteiger charge is -2.34. The number of piperidine rings is 1.